The number of nitrogens with one attached hydrogen (secondary N) is 2. The first-order chi connectivity index (χ1) is 13.3. The predicted molar refractivity (Wildman–Crippen MR) is 97.7 cm³/mol. The zero-order valence-electron chi connectivity index (χ0n) is 14.6. The van der Waals surface area contributed by atoms with E-state index in [1.54, 1.807) is 24.3 Å². The van der Waals surface area contributed by atoms with E-state index in [1.165, 1.54) is 25.3 Å². The Bertz CT molecular complexity index is 975. The van der Waals surface area contributed by atoms with Gasteiger partial charge in [-0.1, -0.05) is 6.07 Å². The van der Waals surface area contributed by atoms with Crippen molar-refractivity contribution in [2.24, 2.45) is 0 Å². The second-order valence-corrected chi connectivity index (χ2v) is 5.67. The minimum Gasteiger partial charge on any atom is -0.497 e. The molecular weight excluding hydrogens is 373 g/mol. The Morgan fingerprint density at radius 2 is 1.75 bits per heavy atom. The molecule has 2 N–H and O–H groups in total. The Morgan fingerprint density at radius 1 is 1.00 bits per heavy atom. The monoisotopic (exact) mass is 388 g/mol. The number of benzene rings is 2. The summed E-state index contributed by atoms with van der Waals surface area (Å²) in [6, 6.07) is 12.7. The number of hydrogen-bond acceptors (Lipinski definition) is 5. The molecule has 1 amide bonds. The summed E-state index contributed by atoms with van der Waals surface area (Å²) in [5.74, 6) is 0.349. The summed E-state index contributed by atoms with van der Waals surface area (Å²) in [5.41, 5.74) is -0.00356. The zero-order chi connectivity index (χ0) is 20.1. The van der Waals surface area contributed by atoms with Gasteiger partial charge in [0, 0.05) is 17.4 Å². The molecule has 3 rings (SSSR count). The third-order valence-corrected chi connectivity index (χ3v) is 3.71. The molecule has 144 valence electrons. The topological polar surface area (TPSA) is 76.1 Å². The fourth-order valence-electron chi connectivity index (χ4n) is 2.34. The van der Waals surface area contributed by atoms with E-state index in [2.05, 4.69) is 20.6 Å². The van der Waals surface area contributed by atoms with Crippen molar-refractivity contribution in [1.29, 1.82) is 0 Å². The van der Waals surface area contributed by atoms with Crippen molar-refractivity contribution >= 4 is 23.1 Å². The molecule has 0 bridgehead atoms. The van der Waals surface area contributed by atoms with Gasteiger partial charge in [-0.25, -0.2) is 9.97 Å². The first-order valence-corrected chi connectivity index (χ1v) is 8.07. The summed E-state index contributed by atoms with van der Waals surface area (Å²) in [6.45, 7) is 0. The van der Waals surface area contributed by atoms with Crippen LogP contribution >= 0.6 is 0 Å². The number of ether oxygens (including phenoxy) is 1. The van der Waals surface area contributed by atoms with Crippen molar-refractivity contribution in [3.05, 3.63) is 72.2 Å². The van der Waals surface area contributed by atoms with Crippen LogP contribution < -0.4 is 15.4 Å². The lowest BCUT2D eigenvalue weighted by Gasteiger charge is -2.11. The molecule has 0 saturated heterocycles. The lowest BCUT2D eigenvalue weighted by Crippen LogP contribution is -2.14. The van der Waals surface area contributed by atoms with Gasteiger partial charge in [0.05, 0.1) is 12.7 Å². The summed E-state index contributed by atoms with van der Waals surface area (Å²) in [7, 11) is 1.54. The average Bonchev–Trinajstić information content (AvgIpc) is 2.68. The van der Waals surface area contributed by atoms with Crippen molar-refractivity contribution in [2.75, 3.05) is 17.7 Å². The maximum absolute atomic E-state index is 12.8. The van der Waals surface area contributed by atoms with Gasteiger partial charge in [-0.3, -0.25) is 4.79 Å². The maximum Gasteiger partial charge on any atom is 0.416 e. The summed E-state index contributed by atoms with van der Waals surface area (Å²) < 4.78 is 43.5. The van der Waals surface area contributed by atoms with Gasteiger partial charge in [0.25, 0.3) is 5.91 Å². The molecule has 0 aliphatic carbocycles. The van der Waals surface area contributed by atoms with Gasteiger partial charge in [-0.05, 0) is 42.5 Å². The fraction of sp³-hybridized carbons (Fsp3) is 0.105. The van der Waals surface area contributed by atoms with Crippen LogP contribution in [0.5, 0.6) is 5.75 Å². The highest BCUT2D eigenvalue weighted by Crippen LogP contribution is 2.31. The average molecular weight is 388 g/mol. The van der Waals surface area contributed by atoms with E-state index in [0.29, 0.717) is 11.4 Å². The molecule has 0 spiro atoms. The quantitative estimate of drug-likeness (QED) is 0.673. The highest BCUT2D eigenvalue weighted by Gasteiger charge is 2.30. The Morgan fingerprint density at radius 3 is 2.43 bits per heavy atom. The lowest BCUT2D eigenvalue weighted by atomic mass is 10.2. The van der Waals surface area contributed by atoms with Crippen LogP contribution in [0.1, 0.15) is 16.1 Å². The van der Waals surface area contributed by atoms with Gasteiger partial charge in [0.2, 0.25) is 0 Å². The van der Waals surface area contributed by atoms with Crippen molar-refractivity contribution in [1.82, 2.24) is 9.97 Å². The number of hydrogen-bond donors (Lipinski definition) is 2. The SMILES string of the molecule is COc1ccc(NC(=O)c2cc(Nc3cccc(C(F)(F)F)c3)ncn2)cc1. The summed E-state index contributed by atoms with van der Waals surface area (Å²) in [4.78, 5) is 20.2. The molecule has 1 aromatic heterocycles. The standard InChI is InChI=1S/C19H15F3N4O2/c1-28-15-7-5-13(6-8-15)26-18(27)16-10-17(24-11-23-16)25-14-4-2-3-12(9-14)19(20,21)22/h2-11H,1H3,(H,26,27)(H,23,24,25). The molecule has 2 aromatic carbocycles. The van der Waals surface area contributed by atoms with E-state index < -0.39 is 17.6 Å². The number of rotatable bonds is 5. The Hall–Kier alpha value is -3.62. The molecule has 0 aliphatic rings. The van der Waals surface area contributed by atoms with Crippen LogP contribution in [0.4, 0.5) is 30.4 Å². The maximum atomic E-state index is 12.8. The number of carbonyl (C=O) groups is 1. The number of methoxy groups -OCH3 is 1. The van der Waals surface area contributed by atoms with Gasteiger partial charge < -0.3 is 15.4 Å². The van der Waals surface area contributed by atoms with Gasteiger partial charge in [-0.2, -0.15) is 13.2 Å². The van der Waals surface area contributed by atoms with Crippen molar-refractivity contribution in [3.8, 4) is 5.75 Å². The predicted octanol–water partition coefficient (Wildman–Crippen LogP) is 4.50. The first-order valence-electron chi connectivity index (χ1n) is 8.07. The third kappa shape index (κ3) is 4.76. The highest BCUT2D eigenvalue weighted by molar-refractivity contribution is 6.03. The second-order valence-electron chi connectivity index (χ2n) is 5.67. The minimum atomic E-state index is -4.45. The minimum absolute atomic E-state index is 0.0558. The van der Waals surface area contributed by atoms with Crippen molar-refractivity contribution in [3.63, 3.8) is 0 Å². The summed E-state index contributed by atoms with van der Waals surface area (Å²) in [6.07, 6.45) is -3.30. The molecule has 0 aliphatic heterocycles. The molecule has 9 heteroatoms. The van der Waals surface area contributed by atoms with Crippen molar-refractivity contribution in [2.45, 2.75) is 6.18 Å². The van der Waals surface area contributed by atoms with Crippen LogP contribution in [-0.2, 0) is 6.18 Å². The van der Waals surface area contributed by atoms with Crippen LogP contribution in [0.15, 0.2) is 60.9 Å². The fourth-order valence-corrected chi connectivity index (χ4v) is 2.34. The molecular formula is C19H15F3N4O2. The molecule has 6 nitrogen and oxygen atoms in total. The molecule has 1 heterocycles. The van der Waals surface area contributed by atoms with Gasteiger partial charge in [0.15, 0.2) is 0 Å². The van der Waals surface area contributed by atoms with Crippen LogP contribution in [0.25, 0.3) is 0 Å². The number of amides is 1. The second kappa shape index (κ2) is 7.95. The van der Waals surface area contributed by atoms with Crippen LogP contribution in [-0.4, -0.2) is 23.0 Å². The number of carbonyl (C=O) groups excluding carboxylic acids is 1. The van der Waals surface area contributed by atoms with Crippen LogP contribution in [0.3, 0.4) is 0 Å². The normalized spacial score (nSPS) is 11.0. The van der Waals surface area contributed by atoms with Gasteiger partial charge in [0.1, 0.15) is 23.6 Å². The van der Waals surface area contributed by atoms with E-state index in [0.717, 1.165) is 18.5 Å². The van der Waals surface area contributed by atoms with E-state index in [9.17, 15) is 18.0 Å². The van der Waals surface area contributed by atoms with Gasteiger partial charge in [-0.15, -0.1) is 0 Å². The molecule has 0 atom stereocenters. The Labute approximate surface area is 158 Å². The molecule has 0 fully saturated rings. The van der Waals surface area contributed by atoms with E-state index in [1.807, 2.05) is 0 Å². The van der Waals surface area contributed by atoms with E-state index in [4.69, 9.17) is 4.74 Å². The molecule has 0 unspecified atom stereocenters. The van der Waals surface area contributed by atoms with Crippen LogP contribution in [0.2, 0.25) is 0 Å². The summed E-state index contributed by atoms with van der Waals surface area (Å²) in [5, 5.41) is 5.41. The Balaban J connectivity index is 1.74. The number of halogens is 3. The lowest BCUT2D eigenvalue weighted by molar-refractivity contribution is -0.137. The number of alkyl halides is 3. The number of anilines is 3. The highest BCUT2D eigenvalue weighted by atomic mass is 19.4. The first kappa shape index (κ1) is 19.2. The number of aromatic nitrogens is 2. The summed E-state index contributed by atoms with van der Waals surface area (Å²) >= 11 is 0. The van der Waals surface area contributed by atoms with E-state index in [-0.39, 0.29) is 17.2 Å². The van der Waals surface area contributed by atoms with Crippen molar-refractivity contribution < 1.29 is 22.7 Å². The molecule has 3 aromatic rings. The largest absolute Gasteiger partial charge is 0.497 e. The number of nitrogens with zero attached hydrogens (tertiary/aromatic N) is 2. The Kier molecular flexibility index (Phi) is 5.44. The molecule has 0 saturated carbocycles. The van der Waals surface area contributed by atoms with Gasteiger partial charge >= 0.3 is 6.18 Å². The third-order valence-electron chi connectivity index (χ3n) is 3.71. The zero-order valence-corrected chi connectivity index (χ0v) is 14.6. The van der Waals surface area contributed by atoms with E-state index >= 15 is 0 Å². The molecule has 28 heavy (non-hydrogen) atoms. The smallest absolute Gasteiger partial charge is 0.416 e. The van der Waals surface area contributed by atoms with Crippen LogP contribution in [0, 0.1) is 0 Å². The molecule has 0 radical (unpaired) electrons.